The summed E-state index contributed by atoms with van der Waals surface area (Å²) in [6, 6.07) is 13.0. The van der Waals surface area contributed by atoms with E-state index in [1.807, 2.05) is 0 Å². The summed E-state index contributed by atoms with van der Waals surface area (Å²) >= 11 is 0. The first-order valence-electron chi connectivity index (χ1n) is 10.0. The number of halogens is 1. The number of aromatic nitrogens is 3. The molecule has 2 aromatic carbocycles. The van der Waals surface area contributed by atoms with Crippen molar-refractivity contribution in [3.05, 3.63) is 76.1 Å². The van der Waals surface area contributed by atoms with Gasteiger partial charge in [0.1, 0.15) is 23.2 Å². The fourth-order valence-electron chi connectivity index (χ4n) is 3.55. The van der Waals surface area contributed by atoms with Gasteiger partial charge in [0.2, 0.25) is 0 Å². The second-order valence-corrected chi connectivity index (χ2v) is 8.83. The Hall–Kier alpha value is -3.28. The lowest BCUT2D eigenvalue weighted by atomic mass is 9.86. The van der Waals surface area contributed by atoms with Crippen LogP contribution < -0.4 is 5.56 Å². The second-order valence-electron chi connectivity index (χ2n) is 8.83. The highest BCUT2D eigenvalue weighted by Crippen LogP contribution is 2.23. The van der Waals surface area contributed by atoms with Gasteiger partial charge in [0.15, 0.2) is 0 Å². The summed E-state index contributed by atoms with van der Waals surface area (Å²) in [4.78, 5) is 20.1. The van der Waals surface area contributed by atoms with Crippen LogP contribution in [0.5, 0.6) is 0 Å². The first kappa shape index (κ1) is 20.0. The Kier molecular flexibility index (Phi) is 5.02. The molecule has 1 atom stereocenters. The summed E-state index contributed by atoms with van der Waals surface area (Å²) in [6.45, 7) is 8.65. The van der Waals surface area contributed by atoms with Gasteiger partial charge in [-0.2, -0.15) is 9.78 Å². The zero-order chi connectivity index (χ0) is 21.5. The van der Waals surface area contributed by atoms with Gasteiger partial charge in [0.25, 0.3) is 5.56 Å². The molecule has 0 saturated carbocycles. The zero-order valence-corrected chi connectivity index (χ0v) is 17.6. The van der Waals surface area contributed by atoms with Crippen molar-refractivity contribution >= 4 is 28.2 Å². The summed E-state index contributed by atoms with van der Waals surface area (Å²) in [7, 11) is 0. The van der Waals surface area contributed by atoms with E-state index in [4.69, 9.17) is 0 Å². The SMILES string of the molecule is C[C@@H](/C=N\n1cnc2c([nH]c3ccc(F)cc32)c1=O)Cc1ccc(C(C)(C)C)cc1. The zero-order valence-electron chi connectivity index (χ0n) is 17.6. The maximum atomic E-state index is 13.5. The maximum Gasteiger partial charge on any atom is 0.298 e. The van der Waals surface area contributed by atoms with Crippen LogP contribution in [-0.2, 0) is 11.8 Å². The van der Waals surface area contributed by atoms with Gasteiger partial charge in [0.05, 0.1) is 0 Å². The van der Waals surface area contributed by atoms with E-state index in [2.05, 4.69) is 67.0 Å². The molecule has 0 spiro atoms. The number of benzene rings is 2. The summed E-state index contributed by atoms with van der Waals surface area (Å²) in [5.74, 6) is -0.221. The van der Waals surface area contributed by atoms with Gasteiger partial charge in [-0.3, -0.25) is 4.79 Å². The number of fused-ring (bicyclic) bond motifs is 3. The Morgan fingerprint density at radius 2 is 1.93 bits per heavy atom. The average molecular weight is 404 g/mol. The van der Waals surface area contributed by atoms with Gasteiger partial charge < -0.3 is 4.98 Å². The Morgan fingerprint density at radius 1 is 1.20 bits per heavy atom. The Morgan fingerprint density at radius 3 is 2.63 bits per heavy atom. The van der Waals surface area contributed by atoms with Gasteiger partial charge >= 0.3 is 0 Å². The lowest BCUT2D eigenvalue weighted by Gasteiger charge is -2.19. The van der Waals surface area contributed by atoms with Crippen LogP contribution in [0.2, 0.25) is 0 Å². The largest absolute Gasteiger partial charge is 0.349 e. The first-order valence-corrected chi connectivity index (χ1v) is 10.0. The number of nitrogens with one attached hydrogen (secondary N) is 1. The molecule has 0 saturated heterocycles. The van der Waals surface area contributed by atoms with Crippen LogP contribution in [0.3, 0.4) is 0 Å². The molecular weight excluding hydrogens is 379 g/mol. The van der Waals surface area contributed by atoms with Crippen LogP contribution in [0.15, 0.2) is 58.7 Å². The molecule has 4 rings (SSSR count). The average Bonchev–Trinajstić information content (AvgIpc) is 3.06. The molecule has 0 aliphatic rings. The summed E-state index contributed by atoms with van der Waals surface area (Å²) in [6.07, 6.45) is 3.96. The molecule has 5 nitrogen and oxygen atoms in total. The van der Waals surface area contributed by atoms with E-state index in [1.165, 1.54) is 34.3 Å². The van der Waals surface area contributed by atoms with Gasteiger partial charge in [0, 0.05) is 17.1 Å². The van der Waals surface area contributed by atoms with E-state index in [0.29, 0.717) is 21.9 Å². The van der Waals surface area contributed by atoms with E-state index in [1.54, 1.807) is 12.3 Å². The Labute approximate surface area is 174 Å². The van der Waals surface area contributed by atoms with Gasteiger partial charge in [-0.1, -0.05) is 52.0 Å². The molecule has 2 aromatic heterocycles. The first-order chi connectivity index (χ1) is 14.2. The van der Waals surface area contributed by atoms with Crippen molar-refractivity contribution in [1.29, 1.82) is 0 Å². The molecule has 6 heteroatoms. The van der Waals surface area contributed by atoms with Crippen LogP contribution >= 0.6 is 0 Å². The number of hydrogen-bond acceptors (Lipinski definition) is 3. The molecule has 0 bridgehead atoms. The van der Waals surface area contributed by atoms with Crippen molar-refractivity contribution < 1.29 is 4.39 Å². The number of rotatable bonds is 4. The number of H-pyrrole nitrogens is 1. The summed E-state index contributed by atoms with van der Waals surface area (Å²) in [5.41, 5.74) is 3.79. The molecule has 0 unspecified atom stereocenters. The van der Waals surface area contributed by atoms with E-state index in [0.717, 1.165) is 6.42 Å². The topological polar surface area (TPSA) is 63.0 Å². The maximum absolute atomic E-state index is 13.5. The van der Waals surface area contributed by atoms with E-state index in [9.17, 15) is 9.18 Å². The minimum atomic E-state index is -0.364. The van der Waals surface area contributed by atoms with Crippen molar-refractivity contribution in [2.75, 3.05) is 0 Å². The molecule has 2 heterocycles. The van der Waals surface area contributed by atoms with Crippen LogP contribution in [0.1, 0.15) is 38.8 Å². The van der Waals surface area contributed by atoms with E-state index < -0.39 is 0 Å². The van der Waals surface area contributed by atoms with Gasteiger partial charge in [-0.15, -0.1) is 0 Å². The van der Waals surface area contributed by atoms with Gasteiger partial charge in [-0.05, 0) is 47.1 Å². The monoisotopic (exact) mass is 404 g/mol. The molecule has 0 aliphatic heterocycles. The highest BCUT2D eigenvalue weighted by atomic mass is 19.1. The minimum Gasteiger partial charge on any atom is -0.349 e. The third-order valence-corrected chi connectivity index (χ3v) is 5.27. The van der Waals surface area contributed by atoms with Crippen molar-refractivity contribution in [2.45, 2.75) is 39.5 Å². The van der Waals surface area contributed by atoms with Gasteiger partial charge in [-0.25, -0.2) is 9.37 Å². The highest BCUT2D eigenvalue weighted by Gasteiger charge is 2.14. The van der Waals surface area contributed by atoms with E-state index >= 15 is 0 Å². The molecule has 0 aliphatic carbocycles. The molecule has 0 radical (unpaired) electrons. The third-order valence-electron chi connectivity index (χ3n) is 5.27. The lowest BCUT2D eigenvalue weighted by molar-refractivity contribution is 0.589. The summed E-state index contributed by atoms with van der Waals surface area (Å²) in [5, 5.41) is 4.91. The second kappa shape index (κ2) is 7.52. The molecule has 0 amide bonds. The smallest absolute Gasteiger partial charge is 0.298 e. The fraction of sp³-hybridized carbons (Fsp3) is 0.292. The molecular formula is C24H25FN4O. The number of hydrogen-bond donors (Lipinski definition) is 1. The molecule has 0 fully saturated rings. The molecule has 1 N–H and O–H groups in total. The Balaban J connectivity index is 1.55. The Bertz CT molecular complexity index is 1290. The third kappa shape index (κ3) is 3.90. The van der Waals surface area contributed by atoms with Crippen molar-refractivity contribution in [3.63, 3.8) is 0 Å². The van der Waals surface area contributed by atoms with Crippen LogP contribution in [-0.4, -0.2) is 20.9 Å². The lowest BCUT2D eigenvalue weighted by Crippen LogP contribution is -2.18. The number of aromatic amines is 1. The normalized spacial score (nSPS) is 13.5. The summed E-state index contributed by atoms with van der Waals surface area (Å²) < 4.78 is 14.8. The van der Waals surface area contributed by atoms with E-state index in [-0.39, 0.29) is 22.7 Å². The standard InChI is InChI=1S/C24H25FN4O/c1-15(11-16-5-7-17(8-6-16)24(2,3)4)13-27-29-14-26-21-19-12-18(25)9-10-20(19)28-22(21)23(29)30/h5-10,12-15,28H,11H2,1-4H3/b27-13-/t15-/m1/s1. The molecule has 154 valence electrons. The molecule has 30 heavy (non-hydrogen) atoms. The highest BCUT2D eigenvalue weighted by molar-refractivity contribution is 6.04. The molecule has 4 aromatic rings. The minimum absolute atomic E-state index is 0.132. The quantitative estimate of drug-likeness (QED) is 0.485. The number of nitrogens with zero attached hydrogens (tertiary/aromatic N) is 3. The fourth-order valence-corrected chi connectivity index (χ4v) is 3.55. The van der Waals surface area contributed by atoms with Crippen LogP contribution in [0, 0.1) is 11.7 Å². The van der Waals surface area contributed by atoms with Crippen molar-refractivity contribution in [1.82, 2.24) is 14.6 Å². The van der Waals surface area contributed by atoms with Crippen LogP contribution in [0.25, 0.3) is 21.9 Å². The predicted molar refractivity (Wildman–Crippen MR) is 120 cm³/mol. The van der Waals surface area contributed by atoms with Crippen molar-refractivity contribution in [2.24, 2.45) is 11.0 Å². The van der Waals surface area contributed by atoms with Crippen LogP contribution in [0.4, 0.5) is 4.39 Å². The van der Waals surface area contributed by atoms with Crippen molar-refractivity contribution in [3.8, 4) is 0 Å². The predicted octanol–water partition coefficient (Wildman–Crippen LogP) is 5.03.